The number of anilines is 2. The van der Waals surface area contributed by atoms with Gasteiger partial charge in [0.1, 0.15) is 12.0 Å². The van der Waals surface area contributed by atoms with E-state index in [2.05, 4.69) is 26.7 Å². The lowest BCUT2D eigenvalue weighted by molar-refractivity contribution is 0.249. The zero-order valence-corrected chi connectivity index (χ0v) is 13.1. The second-order valence-corrected chi connectivity index (χ2v) is 5.97. The van der Waals surface area contributed by atoms with Gasteiger partial charge in [0.2, 0.25) is 0 Å². The van der Waals surface area contributed by atoms with Crippen LogP contribution >= 0.6 is 11.3 Å². The van der Waals surface area contributed by atoms with Gasteiger partial charge in [0.15, 0.2) is 5.82 Å². The summed E-state index contributed by atoms with van der Waals surface area (Å²) in [7, 11) is 3.73. The van der Waals surface area contributed by atoms with Crippen LogP contribution < -0.4 is 15.5 Å². The second-order valence-electron chi connectivity index (χ2n) is 4.94. The minimum absolute atomic E-state index is 0.0519. The van der Waals surface area contributed by atoms with E-state index < -0.39 is 0 Å². The van der Waals surface area contributed by atoms with Crippen molar-refractivity contribution in [3.63, 3.8) is 0 Å². The molecule has 0 aliphatic rings. The summed E-state index contributed by atoms with van der Waals surface area (Å²) >= 11 is 1.69. The monoisotopic (exact) mass is 305 g/mol. The summed E-state index contributed by atoms with van der Waals surface area (Å²) in [5.41, 5.74) is 0.586. The molecule has 2 amide bonds. The summed E-state index contributed by atoms with van der Waals surface area (Å²) in [6.07, 6.45) is 3.86. The minimum Gasteiger partial charge on any atom is -0.361 e. The summed E-state index contributed by atoms with van der Waals surface area (Å²) in [6, 6.07) is 3.88. The smallest absolute Gasteiger partial charge is 0.319 e. The van der Waals surface area contributed by atoms with E-state index >= 15 is 0 Å². The van der Waals surface area contributed by atoms with E-state index in [1.54, 1.807) is 17.5 Å². The molecule has 112 valence electrons. The highest BCUT2D eigenvalue weighted by molar-refractivity contribution is 7.09. The van der Waals surface area contributed by atoms with Crippen LogP contribution in [0.5, 0.6) is 0 Å². The summed E-state index contributed by atoms with van der Waals surface area (Å²) in [5.74, 6) is 0.672. The van der Waals surface area contributed by atoms with Crippen LogP contribution in [0.25, 0.3) is 0 Å². The lowest BCUT2D eigenvalue weighted by Crippen LogP contribution is -2.37. The lowest BCUT2D eigenvalue weighted by Gasteiger charge is -2.17. The van der Waals surface area contributed by atoms with E-state index in [-0.39, 0.29) is 12.1 Å². The number of nitrogens with one attached hydrogen (secondary N) is 2. The Kier molecular flexibility index (Phi) is 5.10. The Morgan fingerprint density at radius 1 is 1.48 bits per heavy atom. The van der Waals surface area contributed by atoms with Gasteiger partial charge in [-0.1, -0.05) is 6.07 Å². The summed E-state index contributed by atoms with van der Waals surface area (Å²) in [5, 5.41) is 7.74. The average Bonchev–Trinajstić information content (AvgIpc) is 2.91. The molecule has 6 nitrogen and oxygen atoms in total. The number of aromatic nitrogens is 2. The molecule has 0 fully saturated rings. The maximum absolute atomic E-state index is 12.0. The Hall–Kier alpha value is -2.15. The van der Waals surface area contributed by atoms with Crippen molar-refractivity contribution in [3.8, 4) is 0 Å². The summed E-state index contributed by atoms with van der Waals surface area (Å²) in [4.78, 5) is 23.2. The number of carbonyl (C=O) groups is 1. The highest BCUT2D eigenvalue weighted by Crippen LogP contribution is 2.19. The van der Waals surface area contributed by atoms with Crippen LogP contribution in [0.4, 0.5) is 16.3 Å². The molecule has 0 saturated heterocycles. The molecular formula is C14H19N5OS. The fourth-order valence-electron chi connectivity index (χ4n) is 1.93. The molecule has 2 N–H and O–H groups in total. The Bertz CT molecular complexity index is 585. The van der Waals surface area contributed by atoms with E-state index in [1.165, 1.54) is 11.2 Å². The minimum atomic E-state index is -0.253. The molecule has 0 unspecified atom stereocenters. The number of carbonyl (C=O) groups excluding carboxylic acids is 1. The van der Waals surface area contributed by atoms with E-state index in [0.29, 0.717) is 11.5 Å². The Labute approximate surface area is 128 Å². The number of hydrogen-bond acceptors (Lipinski definition) is 5. The Morgan fingerprint density at radius 2 is 2.29 bits per heavy atom. The SMILES string of the molecule is C[C@H](Cc1cccs1)NC(=O)Nc1cncnc1N(C)C. The molecule has 2 heterocycles. The predicted molar refractivity (Wildman–Crippen MR) is 86.0 cm³/mol. The molecule has 0 aromatic carbocycles. The number of rotatable bonds is 5. The maximum Gasteiger partial charge on any atom is 0.319 e. The van der Waals surface area contributed by atoms with Crippen LogP contribution in [0.15, 0.2) is 30.0 Å². The van der Waals surface area contributed by atoms with Crippen molar-refractivity contribution in [1.82, 2.24) is 15.3 Å². The molecule has 1 atom stereocenters. The summed E-state index contributed by atoms with van der Waals surface area (Å²) in [6.45, 7) is 1.98. The van der Waals surface area contributed by atoms with Gasteiger partial charge in [-0.05, 0) is 18.4 Å². The van der Waals surface area contributed by atoms with Crippen LogP contribution in [0.3, 0.4) is 0 Å². The first kappa shape index (κ1) is 15.2. The molecule has 2 rings (SSSR count). The van der Waals surface area contributed by atoms with Crippen molar-refractivity contribution >= 4 is 28.9 Å². The lowest BCUT2D eigenvalue weighted by atomic mass is 10.2. The molecule has 0 spiro atoms. The van der Waals surface area contributed by atoms with Gasteiger partial charge in [0.25, 0.3) is 0 Å². The quantitative estimate of drug-likeness (QED) is 0.889. The highest BCUT2D eigenvalue weighted by Gasteiger charge is 2.12. The topological polar surface area (TPSA) is 70.1 Å². The van der Waals surface area contributed by atoms with Gasteiger partial charge in [0.05, 0.1) is 6.20 Å². The second kappa shape index (κ2) is 7.03. The fraction of sp³-hybridized carbons (Fsp3) is 0.357. The zero-order chi connectivity index (χ0) is 15.2. The van der Waals surface area contributed by atoms with Crippen LogP contribution in [-0.4, -0.2) is 36.1 Å². The fourth-order valence-corrected chi connectivity index (χ4v) is 2.77. The van der Waals surface area contributed by atoms with Gasteiger partial charge in [-0.2, -0.15) is 0 Å². The molecule has 0 aliphatic heterocycles. The molecule has 0 radical (unpaired) electrons. The highest BCUT2D eigenvalue weighted by atomic mass is 32.1. The van der Waals surface area contributed by atoms with Gasteiger partial charge in [-0.3, -0.25) is 0 Å². The summed E-state index contributed by atoms with van der Waals surface area (Å²) < 4.78 is 0. The molecular weight excluding hydrogens is 286 g/mol. The number of nitrogens with zero attached hydrogens (tertiary/aromatic N) is 3. The van der Waals surface area contributed by atoms with Crippen molar-refractivity contribution in [3.05, 3.63) is 34.9 Å². The van der Waals surface area contributed by atoms with Crippen molar-refractivity contribution in [2.75, 3.05) is 24.3 Å². The molecule has 21 heavy (non-hydrogen) atoms. The largest absolute Gasteiger partial charge is 0.361 e. The van der Waals surface area contributed by atoms with E-state index in [0.717, 1.165) is 6.42 Å². The van der Waals surface area contributed by atoms with Gasteiger partial charge in [-0.15, -0.1) is 11.3 Å². The number of thiophene rings is 1. The van der Waals surface area contributed by atoms with Crippen molar-refractivity contribution in [2.45, 2.75) is 19.4 Å². The third-order valence-corrected chi connectivity index (χ3v) is 3.73. The Morgan fingerprint density at radius 3 is 2.95 bits per heavy atom. The first-order valence-electron chi connectivity index (χ1n) is 6.63. The van der Waals surface area contributed by atoms with Gasteiger partial charge < -0.3 is 15.5 Å². The van der Waals surface area contributed by atoms with Gasteiger partial charge in [-0.25, -0.2) is 14.8 Å². The van der Waals surface area contributed by atoms with Crippen LogP contribution in [0.1, 0.15) is 11.8 Å². The molecule has 2 aromatic heterocycles. The maximum atomic E-state index is 12.0. The number of amides is 2. The first-order valence-corrected chi connectivity index (χ1v) is 7.51. The zero-order valence-electron chi connectivity index (χ0n) is 12.3. The van der Waals surface area contributed by atoms with Crippen LogP contribution in [0.2, 0.25) is 0 Å². The molecule has 0 aliphatic carbocycles. The molecule has 0 bridgehead atoms. The van der Waals surface area contributed by atoms with Gasteiger partial charge in [0, 0.05) is 31.4 Å². The van der Waals surface area contributed by atoms with Crippen LogP contribution in [-0.2, 0) is 6.42 Å². The molecule has 0 saturated carbocycles. The third kappa shape index (κ3) is 4.42. The molecule has 2 aromatic rings. The van der Waals surface area contributed by atoms with E-state index in [4.69, 9.17) is 0 Å². The normalized spacial score (nSPS) is 11.8. The number of urea groups is 1. The van der Waals surface area contributed by atoms with Gasteiger partial charge >= 0.3 is 6.03 Å². The number of hydrogen-bond donors (Lipinski definition) is 2. The van der Waals surface area contributed by atoms with Crippen molar-refractivity contribution in [1.29, 1.82) is 0 Å². The Balaban J connectivity index is 1.92. The third-order valence-electron chi connectivity index (χ3n) is 2.83. The van der Waals surface area contributed by atoms with E-state index in [9.17, 15) is 4.79 Å². The first-order chi connectivity index (χ1) is 10.1. The standard InChI is InChI=1S/C14H19N5OS/c1-10(7-11-5-4-6-21-11)17-14(20)18-12-8-15-9-16-13(12)19(2)3/h4-6,8-10H,7H2,1-3H3,(H2,17,18,20)/t10-/m1/s1. The van der Waals surface area contributed by atoms with Crippen molar-refractivity contribution < 1.29 is 4.79 Å². The average molecular weight is 305 g/mol. The van der Waals surface area contributed by atoms with Crippen LogP contribution in [0, 0.1) is 0 Å². The van der Waals surface area contributed by atoms with E-state index in [1.807, 2.05) is 37.4 Å². The molecule has 7 heteroatoms. The predicted octanol–water partition coefficient (Wildman–Crippen LogP) is 2.36. The van der Waals surface area contributed by atoms with Crippen molar-refractivity contribution in [2.24, 2.45) is 0 Å².